The van der Waals surface area contributed by atoms with E-state index in [-0.39, 0.29) is 0 Å². The average Bonchev–Trinajstić information content (AvgIpc) is 2.34. The molecule has 0 aliphatic rings. The summed E-state index contributed by atoms with van der Waals surface area (Å²) in [5.74, 6) is 1.22. The zero-order chi connectivity index (χ0) is 12.5. The minimum atomic E-state index is 0.514. The van der Waals surface area contributed by atoms with Gasteiger partial charge in [-0.3, -0.25) is 0 Å². The van der Waals surface area contributed by atoms with Crippen molar-refractivity contribution in [2.75, 3.05) is 23.9 Å². The van der Waals surface area contributed by atoms with E-state index in [4.69, 9.17) is 16.9 Å². The van der Waals surface area contributed by atoms with Crippen LogP contribution in [-0.4, -0.2) is 18.6 Å². The van der Waals surface area contributed by atoms with Gasteiger partial charge in [-0.2, -0.15) is 17.0 Å². The SMILES string of the molecule is CSCCCCCNc1cccc(Cl)c1C#N. The molecule has 0 aliphatic heterocycles. The van der Waals surface area contributed by atoms with Gasteiger partial charge in [0, 0.05) is 6.54 Å². The van der Waals surface area contributed by atoms with Gasteiger partial charge in [0.1, 0.15) is 6.07 Å². The standard InChI is InChI=1S/C13H17ClN2S/c1-17-9-4-2-3-8-16-13-7-5-6-12(14)11(13)10-15/h5-7,16H,2-4,8-9H2,1H3. The molecule has 0 aliphatic carbocycles. The number of nitrogens with zero attached hydrogens (tertiary/aromatic N) is 1. The first-order chi connectivity index (χ1) is 8.29. The van der Waals surface area contributed by atoms with Crippen molar-refractivity contribution in [1.82, 2.24) is 0 Å². The molecule has 17 heavy (non-hydrogen) atoms. The normalized spacial score (nSPS) is 9.94. The third kappa shape index (κ3) is 4.89. The molecule has 0 spiro atoms. The molecule has 4 heteroatoms. The second-order valence-corrected chi connectivity index (χ2v) is 5.15. The lowest BCUT2D eigenvalue weighted by Gasteiger charge is -2.08. The van der Waals surface area contributed by atoms with Crippen LogP contribution < -0.4 is 5.32 Å². The highest BCUT2D eigenvalue weighted by Crippen LogP contribution is 2.23. The molecule has 1 N–H and O–H groups in total. The number of halogens is 1. The Balaban J connectivity index is 2.37. The summed E-state index contributed by atoms with van der Waals surface area (Å²) >= 11 is 7.83. The van der Waals surface area contributed by atoms with Crippen molar-refractivity contribution in [1.29, 1.82) is 5.26 Å². The molecule has 0 amide bonds. The van der Waals surface area contributed by atoms with Crippen LogP contribution in [0.3, 0.4) is 0 Å². The largest absolute Gasteiger partial charge is 0.384 e. The van der Waals surface area contributed by atoms with Crippen molar-refractivity contribution >= 4 is 29.1 Å². The number of anilines is 1. The Morgan fingerprint density at radius 3 is 2.88 bits per heavy atom. The maximum absolute atomic E-state index is 8.99. The number of benzene rings is 1. The molecule has 92 valence electrons. The molecule has 0 saturated carbocycles. The molecule has 1 aromatic carbocycles. The number of hydrogen-bond donors (Lipinski definition) is 1. The summed E-state index contributed by atoms with van der Waals surface area (Å²) in [7, 11) is 0. The van der Waals surface area contributed by atoms with Crippen LogP contribution >= 0.6 is 23.4 Å². The van der Waals surface area contributed by atoms with Gasteiger partial charge < -0.3 is 5.32 Å². The number of thioether (sulfide) groups is 1. The van der Waals surface area contributed by atoms with Crippen LogP contribution in [0.25, 0.3) is 0 Å². The summed E-state index contributed by atoms with van der Waals surface area (Å²) in [6.45, 7) is 0.892. The summed E-state index contributed by atoms with van der Waals surface area (Å²) in [5, 5.41) is 12.8. The van der Waals surface area contributed by atoms with E-state index in [1.165, 1.54) is 18.6 Å². The Labute approximate surface area is 112 Å². The molecule has 2 nitrogen and oxygen atoms in total. The fourth-order valence-electron chi connectivity index (χ4n) is 1.56. The van der Waals surface area contributed by atoms with Crippen LogP contribution in [0, 0.1) is 11.3 Å². The van der Waals surface area contributed by atoms with Gasteiger partial charge in [-0.05, 0) is 37.0 Å². The summed E-state index contributed by atoms with van der Waals surface area (Å²) in [6, 6.07) is 7.62. The maximum atomic E-state index is 8.99. The van der Waals surface area contributed by atoms with Crippen LogP contribution in [0.5, 0.6) is 0 Å². The second-order valence-electron chi connectivity index (χ2n) is 3.75. The van der Waals surface area contributed by atoms with Gasteiger partial charge in [0.15, 0.2) is 0 Å². The number of hydrogen-bond acceptors (Lipinski definition) is 3. The summed E-state index contributed by atoms with van der Waals surface area (Å²) < 4.78 is 0. The van der Waals surface area contributed by atoms with Gasteiger partial charge in [0.05, 0.1) is 16.3 Å². The van der Waals surface area contributed by atoms with Crippen molar-refractivity contribution in [2.24, 2.45) is 0 Å². The van der Waals surface area contributed by atoms with Gasteiger partial charge >= 0.3 is 0 Å². The third-order valence-corrected chi connectivity index (χ3v) is 3.48. The summed E-state index contributed by atoms with van der Waals surface area (Å²) in [4.78, 5) is 0. The molecule has 0 atom stereocenters. The number of unbranched alkanes of at least 4 members (excludes halogenated alkanes) is 2. The Kier molecular flexibility index (Phi) is 6.91. The molecule has 0 aromatic heterocycles. The highest BCUT2D eigenvalue weighted by molar-refractivity contribution is 7.98. The van der Waals surface area contributed by atoms with Gasteiger partial charge in [-0.15, -0.1) is 0 Å². The van der Waals surface area contributed by atoms with Crippen molar-refractivity contribution in [3.05, 3.63) is 28.8 Å². The Morgan fingerprint density at radius 1 is 1.35 bits per heavy atom. The van der Waals surface area contributed by atoms with Crippen LogP contribution in [0.1, 0.15) is 24.8 Å². The van der Waals surface area contributed by atoms with Crippen molar-refractivity contribution in [2.45, 2.75) is 19.3 Å². The van der Waals surface area contributed by atoms with Crippen molar-refractivity contribution < 1.29 is 0 Å². The Hall–Kier alpha value is -0.850. The van der Waals surface area contributed by atoms with E-state index in [0.29, 0.717) is 10.6 Å². The first-order valence-corrected chi connectivity index (χ1v) is 7.48. The lowest BCUT2D eigenvalue weighted by atomic mass is 10.2. The highest BCUT2D eigenvalue weighted by atomic mass is 35.5. The van der Waals surface area contributed by atoms with E-state index in [0.717, 1.165) is 18.7 Å². The molecule has 0 radical (unpaired) electrons. The Morgan fingerprint density at radius 2 is 2.18 bits per heavy atom. The molecule has 0 bridgehead atoms. The van der Waals surface area contributed by atoms with Crippen LogP contribution in [0.4, 0.5) is 5.69 Å². The predicted molar refractivity (Wildman–Crippen MR) is 76.9 cm³/mol. The molecule has 0 unspecified atom stereocenters. The molecule has 0 fully saturated rings. The highest BCUT2D eigenvalue weighted by Gasteiger charge is 2.04. The number of rotatable bonds is 7. The number of nitriles is 1. The van der Waals surface area contributed by atoms with Crippen molar-refractivity contribution in [3.8, 4) is 6.07 Å². The zero-order valence-corrected chi connectivity index (χ0v) is 11.6. The molecular formula is C13H17ClN2S. The quantitative estimate of drug-likeness (QED) is 0.755. The maximum Gasteiger partial charge on any atom is 0.103 e. The first-order valence-electron chi connectivity index (χ1n) is 5.71. The third-order valence-electron chi connectivity index (χ3n) is 2.47. The first kappa shape index (κ1) is 14.2. The van der Waals surface area contributed by atoms with E-state index in [9.17, 15) is 0 Å². The van der Waals surface area contributed by atoms with E-state index in [1.54, 1.807) is 6.07 Å². The van der Waals surface area contributed by atoms with Crippen LogP contribution in [-0.2, 0) is 0 Å². The fraction of sp³-hybridized carbons (Fsp3) is 0.462. The monoisotopic (exact) mass is 268 g/mol. The van der Waals surface area contributed by atoms with Crippen LogP contribution in [0.15, 0.2) is 18.2 Å². The predicted octanol–water partition coefficient (Wildman–Crippen LogP) is 4.16. The van der Waals surface area contributed by atoms with E-state index >= 15 is 0 Å². The molecule has 1 aromatic rings. The Bertz CT molecular complexity index is 387. The van der Waals surface area contributed by atoms with Gasteiger partial charge in [-0.1, -0.05) is 24.1 Å². The lowest BCUT2D eigenvalue weighted by molar-refractivity contribution is 0.749. The second kappa shape index (κ2) is 8.27. The van der Waals surface area contributed by atoms with Crippen LogP contribution in [0.2, 0.25) is 5.02 Å². The lowest BCUT2D eigenvalue weighted by Crippen LogP contribution is -2.03. The smallest absolute Gasteiger partial charge is 0.103 e. The molecule has 0 heterocycles. The molecule has 0 saturated heterocycles. The zero-order valence-electron chi connectivity index (χ0n) is 10.0. The van der Waals surface area contributed by atoms with Gasteiger partial charge in [-0.25, -0.2) is 0 Å². The molecule has 1 rings (SSSR count). The number of nitrogens with one attached hydrogen (secondary N) is 1. The fourth-order valence-corrected chi connectivity index (χ4v) is 2.27. The topological polar surface area (TPSA) is 35.8 Å². The van der Waals surface area contributed by atoms with E-state index < -0.39 is 0 Å². The summed E-state index contributed by atoms with van der Waals surface area (Å²) in [6.07, 6.45) is 5.72. The summed E-state index contributed by atoms with van der Waals surface area (Å²) in [5.41, 5.74) is 1.38. The van der Waals surface area contributed by atoms with E-state index in [1.807, 2.05) is 23.9 Å². The van der Waals surface area contributed by atoms with Crippen molar-refractivity contribution in [3.63, 3.8) is 0 Å². The van der Waals surface area contributed by atoms with E-state index in [2.05, 4.69) is 17.6 Å². The minimum absolute atomic E-state index is 0.514. The van der Waals surface area contributed by atoms with Gasteiger partial charge in [0.2, 0.25) is 0 Å². The molecular weight excluding hydrogens is 252 g/mol. The van der Waals surface area contributed by atoms with Gasteiger partial charge in [0.25, 0.3) is 0 Å². The minimum Gasteiger partial charge on any atom is -0.384 e. The average molecular weight is 269 g/mol.